The molecule has 1 atom stereocenters. The molecule has 0 spiro atoms. The molecule has 0 aliphatic carbocycles. The summed E-state index contributed by atoms with van der Waals surface area (Å²) in [5.41, 5.74) is 0. The average Bonchev–Trinajstić information content (AvgIpc) is 2.20. The van der Waals surface area contributed by atoms with E-state index in [9.17, 15) is 14.0 Å². The second kappa shape index (κ2) is 8.07. The zero-order valence-electron chi connectivity index (χ0n) is 9.91. The first kappa shape index (κ1) is 14.9. The van der Waals surface area contributed by atoms with Gasteiger partial charge in [-0.05, 0) is 26.7 Å². The molecule has 0 heterocycles. The molecule has 0 saturated carbocycles. The molecule has 0 aromatic heterocycles. The topological polar surface area (TPSA) is 57.6 Å². The lowest BCUT2D eigenvalue weighted by Crippen LogP contribution is -2.35. The first-order chi connectivity index (χ1) is 7.47. The highest BCUT2D eigenvalue weighted by molar-refractivity contribution is 5.81. The second-order valence-electron chi connectivity index (χ2n) is 3.83. The van der Waals surface area contributed by atoms with Gasteiger partial charge in [-0.2, -0.15) is 0 Å². The lowest BCUT2D eigenvalue weighted by molar-refractivity contribution is -0.144. The number of carbonyl (C=O) groups is 2. The van der Waals surface area contributed by atoms with E-state index in [0.29, 0.717) is 32.2 Å². The number of hydrogen-bond donors (Lipinski definition) is 1. The van der Waals surface area contributed by atoms with Crippen molar-refractivity contribution in [3.63, 3.8) is 0 Å². The van der Waals surface area contributed by atoms with Crippen LogP contribution in [0, 0.1) is 0 Å². The van der Waals surface area contributed by atoms with Crippen LogP contribution in [0.25, 0.3) is 0 Å². The number of alkyl halides is 1. The lowest BCUT2D eigenvalue weighted by Gasteiger charge is -2.18. The fourth-order valence-corrected chi connectivity index (χ4v) is 1.40. The van der Waals surface area contributed by atoms with Crippen molar-refractivity contribution in [1.82, 2.24) is 4.90 Å². The SMILES string of the molecule is CCN(CC(=O)O)C(=O)CCCCC(C)F. The maximum Gasteiger partial charge on any atom is 0.323 e. The molecular weight excluding hydrogens is 213 g/mol. The largest absolute Gasteiger partial charge is 0.480 e. The van der Waals surface area contributed by atoms with E-state index in [2.05, 4.69) is 0 Å². The van der Waals surface area contributed by atoms with Crippen LogP contribution in [-0.2, 0) is 9.59 Å². The van der Waals surface area contributed by atoms with Crippen LogP contribution in [0.5, 0.6) is 0 Å². The molecule has 0 fully saturated rings. The number of carbonyl (C=O) groups excluding carboxylic acids is 1. The quantitative estimate of drug-likeness (QED) is 0.651. The van der Waals surface area contributed by atoms with Gasteiger partial charge in [0.2, 0.25) is 5.91 Å². The molecule has 0 aromatic rings. The summed E-state index contributed by atoms with van der Waals surface area (Å²) in [4.78, 5) is 23.3. The van der Waals surface area contributed by atoms with Crippen molar-refractivity contribution >= 4 is 11.9 Å². The van der Waals surface area contributed by atoms with E-state index in [0.717, 1.165) is 0 Å². The monoisotopic (exact) mass is 233 g/mol. The van der Waals surface area contributed by atoms with Gasteiger partial charge in [0.1, 0.15) is 6.54 Å². The second-order valence-corrected chi connectivity index (χ2v) is 3.83. The normalized spacial score (nSPS) is 12.2. The molecule has 94 valence electrons. The van der Waals surface area contributed by atoms with Gasteiger partial charge in [-0.3, -0.25) is 9.59 Å². The molecule has 0 bridgehead atoms. The summed E-state index contributed by atoms with van der Waals surface area (Å²) in [5.74, 6) is -1.18. The summed E-state index contributed by atoms with van der Waals surface area (Å²) < 4.78 is 12.4. The van der Waals surface area contributed by atoms with Crippen LogP contribution in [-0.4, -0.2) is 41.1 Å². The molecule has 0 aromatic carbocycles. The van der Waals surface area contributed by atoms with Gasteiger partial charge in [0.05, 0.1) is 6.17 Å². The van der Waals surface area contributed by atoms with E-state index in [1.54, 1.807) is 6.92 Å². The third kappa shape index (κ3) is 7.20. The molecule has 0 radical (unpaired) electrons. The van der Waals surface area contributed by atoms with Gasteiger partial charge in [-0.1, -0.05) is 6.42 Å². The maximum absolute atomic E-state index is 12.4. The minimum absolute atomic E-state index is 0.170. The van der Waals surface area contributed by atoms with E-state index in [1.807, 2.05) is 0 Å². The van der Waals surface area contributed by atoms with Crippen molar-refractivity contribution in [2.75, 3.05) is 13.1 Å². The zero-order chi connectivity index (χ0) is 12.6. The van der Waals surface area contributed by atoms with Gasteiger partial charge in [-0.15, -0.1) is 0 Å². The van der Waals surface area contributed by atoms with Crippen molar-refractivity contribution < 1.29 is 19.1 Å². The van der Waals surface area contributed by atoms with Crippen LogP contribution in [0.15, 0.2) is 0 Å². The highest BCUT2D eigenvalue weighted by Crippen LogP contribution is 2.07. The van der Waals surface area contributed by atoms with Crippen LogP contribution in [0.2, 0.25) is 0 Å². The van der Waals surface area contributed by atoms with Gasteiger partial charge in [0.15, 0.2) is 0 Å². The summed E-state index contributed by atoms with van der Waals surface area (Å²) >= 11 is 0. The molecule has 1 unspecified atom stereocenters. The number of aliphatic carboxylic acids is 1. The van der Waals surface area contributed by atoms with Crippen LogP contribution < -0.4 is 0 Å². The molecule has 16 heavy (non-hydrogen) atoms. The average molecular weight is 233 g/mol. The highest BCUT2D eigenvalue weighted by atomic mass is 19.1. The number of unbranched alkanes of at least 4 members (excludes halogenated alkanes) is 1. The number of likely N-dealkylation sites (N-methyl/N-ethyl adjacent to an activating group) is 1. The van der Waals surface area contributed by atoms with E-state index in [-0.39, 0.29) is 12.5 Å². The predicted molar refractivity (Wildman–Crippen MR) is 58.9 cm³/mol. The Bertz CT molecular complexity index is 231. The minimum atomic E-state index is -1.01. The Kier molecular flexibility index (Phi) is 7.50. The van der Waals surface area contributed by atoms with Crippen molar-refractivity contribution in [2.45, 2.75) is 45.7 Å². The van der Waals surface area contributed by atoms with Crippen LogP contribution >= 0.6 is 0 Å². The number of hydrogen-bond acceptors (Lipinski definition) is 2. The third-order valence-corrected chi connectivity index (χ3v) is 2.30. The summed E-state index contributed by atoms with van der Waals surface area (Å²) in [6.45, 7) is 3.37. The van der Waals surface area contributed by atoms with E-state index >= 15 is 0 Å². The lowest BCUT2D eigenvalue weighted by atomic mass is 10.1. The first-order valence-electron chi connectivity index (χ1n) is 5.61. The van der Waals surface area contributed by atoms with Gasteiger partial charge in [0, 0.05) is 13.0 Å². The molecule has 4 nitrogen and oxygen atoms in total. The minimum Gasteiger partial charge on any atom is -0.480 e. The molecule has 0 aliphatic rings. The fraction of sp³-hybridized carbons (Fsp3) is 0.818. The van der Waals surface area contributed by atoms with E-state index in [4.69, 9.17) is 5.11 Å². The van der Waals surface area contributed by atoms with Gasteiger partial charge in [0.25, 0.3) is 0 Å². The summed E-state index contributed by atoms with van der Waals surface area (Å²) in [5, 5.41) is 8.56. The fourth-order valence-electron chi connectivity index (χ4n) is 1.40. The van der Waals surface area contributed by atoms with Crippen LogP contribution in [0.1, 0.15) is 39.5 Å². The number of rotatable bonds is 8. The summed E-state index contributed by atoms with van der Waals surface area (Å²) in [6.07, 6.45) is 1.19. The van der Waals surface area contributed by atoms with Crippen LogP contribution in [0.3, 0.4) is 0 Å². The molecule has 0 rings (SSSR count). The molecular formula is C11H20FNO3. The Morgan fingerprint density at radius 3 is 2.44 bits per heavy atom. The highest BCUT2D eigenvalue weighted by Gasteiger charge is 2.14. The smallest absolute Gasteiger partial charge is 0.323 e. The Labute approximate surface area is 95.4 Å². The Morgan fingerprint density at radius 1 is 1.38 bits per heavy atom. The zero-order valence-corrected chi connectivity index (χ0v) is 9.91. The van der Waals surface area contributed by atoms with Gasteiger partial charge in [-0.25, -0.2) is 4.39 Å². The molecule has 0 saturated heterocycles. The van der Waals surface area contributed by atoms with E-state index in [1.165, 1.54) is 11.8 Å². The molecule has 1 N–H and O–H groups in total. The summed E-state index contributed by atoms with van der Waals surface area (Å²) in [6, 6.07) is 0. The summed E-state index contributed by atoms with van der Waals surface area (Å²) in [7, 11) is 0. The number of carboxylic acids is 1. The van der Waals surface area contributed by atoms with Crippen molar-refractivity contribution in [3.05, 3.63) is 0 Å². The number of nitrogens with zero attached hydrogens (tertiary/aromatic N) is 1. The Morgan fingerprint density at radius 2 is 2.00 bits per heavy atom. The van der Waals surface area contributed by atoms with Crippen molar-refractivity contribution in [3.8, 4) is 0 Å². The Hall–Kier alpha value is -1.13. The predicted octanol–water partition coefficient (Wildman–Crippen LogP) is 1.84. The standard InChI is InChI=1S/C11H20FNO3/c1-3-13(8-11(15)16)10(14)7-5-4-6-9(2)12/h9H,3-8H2,1-2H3,(H,15,16). The number of halogens is 1. The van der Waals surface area contributed by atoms with Crippen molar-refractivity contribution in [1.29, 1.82) is 0 Å². The van der Waals surface area contributed by atoms with Gasteiger partial charge >= 0.3 is 5.97 Å². The maximum atomic E-state index is 12.4. The molecule has 5 heteroatoms. The van der Waals surface area contributed by atoms with Gasteiger partial charge < -0.3 is 10.0 Å². The third-order valence-electron chi connectivity index (χ3n) is 2.30. The molecule has 0 aliphatic heterocycles. The van der Waals surface area contributed by atoms with Crippen LogP contribution in [0.4, 0.5) is 4.39 Å². The number of carboxylic acid groups (broad SMARTS) is 1. The molecule has 1 amide bonds. The van der Waals surface area contributed by atoms with Crippen molar-refractivity contribution in [2.24, 2.45) is 0 Å². The Balaban J connectivity index is 3.80. The number of amides is 1. The van der Waals surface area contributed by atoms with E-state index < -0.39 is 12.1 Å². The first-order valence-corrected chi connectivity index (χ1v) is 5.61.